The molecule has 0 spiro atoms. The molecule has 0 atom stereocenters. The molecule has 1 aromatic rings. The Kier molecular flexibility index (Phi) is 7.59. The van der Waals surface area contributed by atoms with Gasteiger partial charge in [-0.1, -0.05) is 35.5 Å². The van der Waals surface area contributed by atoms with E-state index in [9.17, 15) is 4.79 Å². The van der Waals surface area contributed by atoms with Crippen molar-refractivity contribution in [2.75, 3.05) is 36.8 Å². The number of hydrogen-bond donors (Lipinski definition) is 0. The Morgan fingerprint density at radius 2 is 1.92 bits per heavy atom. The van der Waals surface area contributed by atoms with E-state index in [4.69, 9.17) is 11.6 Å². The topological polar surface area (TPSA) is 49.3 Å². The summed E-state index contributed by atoms with van der Waals surface area (Å²) in [5.74, 6) is 1.18. The van der Waals surface area contributed by atoms with Gasteiger partial charge in [0, 0.05) is 32.2 Å². The number of likely N-dealkylation sites (tertiary alicyclic amines) is 1. The first-order valence-electron chi connectivity index (χ1n) is 8.06. The summed E-state index contributed by atoms with van der Waals surface area (Å²) in [7, 11) is 0. The molecule has 7 heteroatoms. The zero-order chi connectivity index (χ0) is 17.4. The number of carbonyl (C=O) groups excluding carboxylic acids is 1. The molecule has 2 rings (SSSR count). The van der Waals surface area contributed by atoms with Gasteiger partial charge < -0.3 is 9.80 Å². The molecule has 0 aliphatic carbocycles. The average molecular weight is 367 g/mol. The van der Waals surface area contributed by atoms with Crippen LogP contribution in [-0.2, 0) is 4.79 Å². The Bertz CT molecular complexity index is 580. The van der Waals surface area contributed by atoms with Gasteiger partial charge in [0.2, 0.25) is 5.91 Å². The number of hydrogen-bond acceptors (Lipinski definition) is 5. The number of aromatic nitrogens is 2. The lowest BCUT2D eigenvalue weighted by molar-refractivity contribution is -0.129. The summed E-state index contributed by atoms with van der Waals surface area (Å²) >= 11 is 7.45. The lowest BCUT2D eigenvalue weighted by atomic mass is 10.1. The van der Waals surface area contributed by atoms with Crippen molar-refractivity contribution in [3.8, 4) is 0 Å². The summed E-state index contributed by atoms with van der Waals surface area (Å²) in [5.41, 5.74) is 0. The lowest BCUT2D eigenvalue weighted by Crippen LogP contribution is -2.36. The molecule has 24 heavy (non-hydrogen) atoms. The number of piperidine rings is 1. The number of amides is 1. The molecule has 0 saturated carbocycles. The first-order chi connectivity index (χ1) is 11.6. The van der Waals surface area contributed by atoms with E-state index in [2.05, 4.69) is 23.1 Å². The molecule has 0 aromatic carbocycles. The zero-order valence-electron chi connectivity index (χ0n) is 13.8. The van der Waals surface area contributed by atoms with Crippen LogP contribution in [0.2, 0.25) is 5.15 Å². The largest absolute Gasteiger partial charge is 0.349 e. The molecule has 0 radical (unpaired) electrons. The van der Waals surface area contributed by atoms with Crippen molar-refractivity contribution in [2.24, 2.45) is 0 Å². The third-order valence-electron chi connectivity index (χ3n) is 3.72. The van der Waals surface area contributed by atoms with Crippen molar-refractivity contribution in [2.45, 2.75) is 24.4 Å². The monoisotopic (exact) mass is 366 g/mol. The van der Waals surface area contributed by atoms with Crippen molar-refractivity contribution >= 4 is 35.1 Å². The Morgan fingerprint density at radius 1 is 1.25 bits per heavy atom. The fourth-order valence-corrected chi connectivity index (χ4v) is 3.53. The van der Waals surface area contributed by atoms with Gasteiger partial charge in [0.05, 0.1) is 5.75 Å². The predicted molar refractivity (Wildman–Crippen MR) is 101 cm³/mol. The second kappa shape index (κ2) is 9.69. The number of carbonyl (C=O) groups is 1. The molecule has 1 saturated heterocycles. The van der Waals surface area contributed by atoms with E-state index in [1.54, 1.807) is 18.2 Å². The predicted octanol–water partition coefficient (Wildman–Crippen LogP) is 3.41. The standard InChI is InChI=1S/C17H23ClN4OS/c1-3-8-21(9-4-2)15-12-14(18)19-17(20-15)24-13-16(23)22-10-6-5-7-11-22/h3-4,12H,1-2,5-11,13H2. The van der Waals surface area contributed by atoms with E-state index >= 15 is 0 Å². The van der Waals surface area contributed by atoms with Crippen LogP contribution in [0.15, 0.2) is 36.5 Å². The first kappa shape index (κ1) is 18.8. The van der Waals surface area contributed by atoms with Gasteiger partial charge in [0.15, 0.2) is 5.16 Å². The Balaban J connectivity index is 2.02. The second-order valence-corrected chi connectivity index (χ2v) is 6.87. The highest BCUT2D eigenvalue weighted by atomic mass is 35.5. The highest BCUT2D eigenvalue weighted by Gasteiger charge is 2.17. The van der Waals surface area contributed by atoms with Crippen LogP contribution in [0.5, 0.6) is 0 Å². The lowest BCUT2D eigenvalue weighted by Gasteiger charge is -2.26. The van der Waals surface area contributed by atoms with Crippen LogP contribution in [0.3, 0.4) is 0 Å². The molecule has 1 fully saturated rings. The molecule has 1 aliphatic rings. The molecule has 0 bridgehead atoms. The summed E-state index contributed by atoms with van der Waals surface area (Å²) < 4.78 is 0. The van der Waals surface area contributed by atoms with Crippen molar-refractivity contribution in [3.63, 3.8) is 0 Å². The first-order valence-corrected chi connectivity index (χ1v) is 9.42. The molecule has 1 aromatic heterocycles. The Labute approximate surface area is 152 Å². The summed E-state index contributed by atoms with van der Waals surface area (Å²) in [6.07, 6.45) is 6.98. The molecule has 5 nitrogen and oxygen atoms in total. The third-order valence-corrected chi connectivity index (χ3v) is 4.74. The number of nitrogens with zero attached hydrogens (tertiary/aromatic N) is 4. The molecule has 0 N–H and O–H groups in total. The van der Waals surface area contributed by atoms with Crippen LogP contribution in [0, 0.1) is 0 Å². The molecule has 130 valence electrons. The van der Waals surface area contributed by atoms with Gasteiger partial charge in [0.25, 0.3) is 0 Å². The minimum atomic E-state index is 0.138. The molecular formula is C17H23ClN4OS. The average Bonchev–Trinajstić information content (AvgIpc) is 2.60. The van der Waals surface area contributed by atoms with E-state index < -0.39 is 0 Å². The van der Waals surface area contributed by atoms with E-state index in [1.807, 2.05) is 9.80 Å². The van der Waals surface area contributed by atoms with Crippen LogP contribution in [0.4, 0.5) is 5.82 Å². The van der Waals surface area contributed by atoms with Crippen LogP contribution >= 0.6 is 23.4 Å². The van der Waals surface area contributed by atoms with Crippen molar-refractivity contribution < 1.29 is 4.79 Å². The van der Waals surface area contributed by atoms with Gasteiger partial charge in [-0.2, -0.15) is 0 Å². The van der Waals surface area contributed by atoms with E-state index in [1.165, 1.54) is 18.2 Å². The Hall–Kier alpha value is -1.53. The highest BCUT2D eigenvalue weighted by molar-refractivity contribution is 7.99. The van der Waals surface area contributed by atoms with Gasteiger partial charge in [-0.15, -0.1) is 13.2 Å². The van der Waals surface area contributed by atoms with Crippen molar-refractivity contribution in [1.82, 2.24) is 14.9 Å². The molecular weight excluding hydrogens is 344 g/mol. The van der Waals surface area contributed by atoms with Crippen molar-refractivity contribution in [3.05, 3.63) is 36.5 Å². The van der Waals surface area contributed by atoms with Crippen LogP contribution in [-0.4, -0.2) is 52.7 Å². The molecule has 1 aliphatic heterocycles. The molecule has 2 heterocycles. The maximum Gasteiger partial charge on any atom is 0.233 e. The Morgan fingerprint density at radius 3 is 2.54 bits per heavy atom. The van der Waals surface area contributed by atoms with Crippen LogP contribution in [0.25, 0.3) is 0 Å². The number of halogens is 1. The SMILES string of the molecule is C=CCN(CC=C)c1cc(Cl)nc(SCC(=O)N2CCCCC2)n1. The molecule has 0 unspecified atom stereocenters. The van der Waals surface area contributed by atoms with Gasteiger partial charge >= 0.3 is 0 Å². The van der Waals surface area contributed by atoms with Gasteiger partial charge in [-0.25, -0.2) is 9.97 Å². The van der Waals surface area contributed by atoms with Crippen molar-refractivity contribution in [1.29, 1.82) is 0 Å². The highest BCUT2D eigenvalue weighted by Crippen LogP contribution is 2.22. The van der Waals surface area contributed by atoms with Gasteiger partial charge in [0.1, 0.15) is 11.0 Å². The van der Waals surface area contributed by atoms with Gasteiger partial charge in [-0.3, -0.25) is 4.79 Å². The van der Waals surface area contributed by atoms with Crippen LogP contribution in [0.1, 0.15) is 19.3 Å². The number of thioether (sulfide) groups is 1. The smallest absolute Gasteiger partial charge is 0.233 e. The fourth-order valence-electron chi connectivity index (χ4n) is 2.55. The summed E-state index contributed by atoms with van der Waals surface area (Å²) in [6.45, 7) is 10.5. The van der Waals surface area contributed by atoms with Crippen LogP contribution < -0.4 is 4.90 Å². The minimum absolute atomic E-state index is 0.138. The normalized spacial score (nSPS) is 14.3. The van der Waals surface area contributed by atoms with E-state index in [-0.39, 0.29) is 5.91 Å². The van der Waals surface area contributed by atoms with Gasteiger partial charge in [-0.05, 0) is 19.3 Å². The minimum Gasteiger partial charge on any atom is -0.349 e. The number of rotatable bonds is 8. The summed E-state index contributed by atoms with van der Waals surface area (Å²) in [4.78, 5) is 24.9. The second-order valence-electron chi connectivity index (χ2n) is 5.54. The number of anilines is 1. The maximum absolute atomic E-state index is 12.3. The van der Waals surface area contributed by atoms with E-state index in [0.717, 1.165) is 25.9 Å². The maximum atomic E-state index is 12.3. The third kappa shape index (κ3) is 5.53. The zero-order valence-corrected chi connectivity index (χ0v) is 15.4. The summed E-state index contributed by atoms with van der Waals surface area (Å²) in [5, 5.41) is 0.882. The van der Waals surface area contributed by atoms with E-state index in [0.29, 0.717) is 35.0 Å². The summed E-state index contributed by atoms with van der Waals surface area (Å²) in [6, 6.07) is 1.71. The quantitative estimate of drug-likeness (QED) is 0.305. The fraction of sp³-hybridized carbons (Fsp3) is 0.471. The molecule has 1 amide bonds.